The Labute approximate surface area is 135 Å². The number of hydrogen-bond acceptors (Lipinski definition) is 2. The van der Waals surface area contributed by atoms with E-state index in [9.17, 15) is 0 Å². The van der Waals surface area contributed by atoms with Crippen LogP contribution in [0.15, 0.2) is 0 Å². The molecule has 0 spiro atoms. The zero-order chi connectivity index (χ0) is 15.2. The average Bonchev–Trinajstić information content (AvgIpc) is 2.42. The average molecular weight is 288 g/mol. The molecule has 2 aliphatic rings. The maximum absolute atomic E-state index is 2.69. The van der Waals surface area contributed by atoms with Gasteiger partial charge in [-0.05, 0) is 51.9 Å². The van der Waals surface area contributed by atoms with Crippen molar-refractivity contribution >= 4 is 22.1 Å². The summed E-state index contributed by atoms with van der Waals surface area (Å²) >= 11 is 0. The molecule has 0 aromatic heterocycles. The minimum Gasteiger partial charge on any atom is -0.345 e. The van der Waals surface area contributed by atoms with Gasteiger partial charge in [-0.3, -0.25) is 0 Å². The van der Waals surface area contributed by atoms with E-state index in [1.54, 1.807) is 0 Å². The van der Waals surface area contributed by atoms with Crippen LogP contribution in [0.5, 0.6) is 0 Å². The third kappa shape index (κ3) is 6.40. The summed E-state index contributed by atoms with van der Waals surface area (Å²) in [5.74, 6) is 3.70. The number of rotatable bonds is 6. The highest BCUT2D eigenvalue weighted by Crippen LogP contribution is 2.31. The number of hydrogen-bond donors (Lipinski definition) is 0. The molecule has 2 nitrogen and oxygen atoms in total. The van der Waals surface area contributed by atoms with Gasteiger partial charge in [0.1, 0.15) is 7.28 Å². The first-order chi connectivity index (χ1) is 10.0. The molecule has 118 valence electrons. The lowest BCUT2D eigenvalue weighted by Gasteiger charge is -2.37. The SMILES string of the molecule is CC(C)BN1CCC(BC2CCN(BC(C)C)CC2)CC1. The highest BCUT2D eigenvalue weighted by Gasteiger charge is 2.27. The van der Waals surface area contributed by atoms with Crippen molar-refractivity contribution in [1.82, 2.24) is 9.62 Å². The topological polar surface area (TPSA) is 6.48 Å². The van der Waals surface area contributed by atoms with Gasteiger partial charge in [-0.1, -0.05) is 51.0 Å². The van der Waals surface area contributed by atoms with Crippen LogP contribution >= 0.6 is 0 Å². The Balaban J connectivity index is 1.61. The van der Waals surface area contributed by atoms with Gasteiger partial charge in [0, 0.05) is 0 Å². The first kappa shape index (κ1) is 17.5. The lowest BCUT2D eigenvalue weighted by atomic mass is 9.49. The van der Waals surface area contributed by atoms with Crippen LogP contribution in [0.4, 0.5) is 0 Å². The second-order valence-electron chi connectivity index (χ2n) is 8.51. The van der Waals surface area contributed by atoms with Gasteiger partial charge in [0.05, 0.1) is 0 Å². The van der Waals surface area contributed by atoms with E-state index in [4.69, 9.17) is 0 Å². The molecule has 2 heterocycles. The van der Waals surface area contributed by atoms with Gasteiger partial charge in [0.25, 0.3) is 0 Å². The van der Waals surface area contributed by atoms with Crippen LogP contribution < -0.4 is 0 Å². The molecule has 0 aromatic rings. The van der Waals surface area contributed by atoms with E-state index in [0.717, 1.165) is 23.3 Å². The summed E-state index contributed by atoms with van der Waals surface area (Å²) in [7, 11) is 4.13. The van der Waals surface area contributed by atoms with Crippen molar-refractivity contribution in [3.8, 4) is 0 Å². The van der Waals surface area contributed by atoms with E-state index in [1.807, 2.05) is 0 Å². The molecule has 0 saturated carbocycles. The number of nitrogens with zero attached hydrogens (tertiary/aromatic N) is 2. The van der Waals surface area contributed by atoms with Gasteiger partial charge < -0.3 is 9.62 Å². The van der Waals surface area contributed by atoms with Crippen LogP contribution in [0.25, 0.3) is 0 Å². The molecule has 2 rings (SSSR count). The molecule has 0 aliphatic carbocycles. The number of piperidine rings is 2. The van der Waals surface area contributed by atoms with Gasteiger partial charge >= 0.3 is 0 Å². The first-order valence-electron chi connectivity index (χ1n) is 9.47. The fourth-order valence-corrected chi connectivity index (χ4v) is 4.31. The lowest BCUT2D eigenvalue weighted by molar-refractivity contribution is 0.339. The van der Waals surface area contributed by atoms with Crippen LogP contribution in [-0.4, -0.2) is 57.9 Å². The van der Waals surface area contributed by atoms with Gasteiger partial charge in [-0.15, -0.1) is 0 Å². The van der Waals surface area contributed by atoms with Gasteiger partial charge in [0.2, 0.25) is 14.8 Å². The molecule has 5 heteroatoms. The van der Waals surface area contributed by atoms with Crippen molar-refractivity contribution in [2.45, 2.75) is 76.6 Å². The Morgan fingerprint density at radius 3 is 1.29 bits per heavy atom. The molecule has 0 amide bonds. The Morgan fingerprint density at radius 1 is 0.667 bits per heavy atom. The zero-order valence-electron chi connectivity index (χ0n) is 15.0. The fourth-order valence-electron chi connectivity index (χ4n) is 4.31. The molecule has 0 radical (unpaired) electrons. The van der Waals surface area contributed by atoms with Crippen LogP contribution in [0.1, 0.15) is 53.4 Å². The van der Waals surface area contributed by atoms with Crippen LogP contribution in [0.3, 0.4) is 0 Å². The van der Waals surface area contributed by atoms with E-state index >= 15 is 0 Å². The second kappa shape index (κ2) is 8.67. The lowest BCUT2D eigenvalue weighted by Crippen LogP contribution is -2.40. The maximum Gasteiger partial charge on any atom is 0.206 e. The summed E-state index contributed by atoms with van der Waals surface area (Å²) in [6.45, 7) is 14.8. The van der Waals surface area contributed by atoms with E-state index in [0.29, 0.717) is 0 Å². The Morgan fingerprint density at radius 2 is 1.00 bits per heavy atom. The summed E-state index contributed by atoms with van der Waals surface area (Å²) in [6.07, 6.45) is 5.83. The summed E-state index contributed by atoms with van der Waals surface area (Å²) < 4.78 is 0. The molecular weight excluding hydrogens is 253 g/mol. The van der Waals surface area contributed by atoms with Crippen molar-refractivity contribution in [3.05, 3.63) is 0 Å². The summed E-state index contributed by atoms with van der Waals surface area (Å²) in [6, 6.07) is 0. The van der Waals surface area contributed by atoms with Gasteiger partial charge in [-0.25, -0.2) is 0 Å². The molecule has 21 heavy (non-hydrogen) atoms. The largest absolute Gasteiger partial charge is 0.345 e. The first-order valence-corrected chi connectivity index (χ1v) is 9.47. The monoisotopic (exact) mass is 288 g/mol. The van der Waals surface area contributed by atoms with E-state index in [-0.39, 0.29) is 0 Å². The molecule has 0 bridgehead atoms. The molecule has 0 N–H and O–H groups in total. The molecule has 0 atom stereocenters. The van der Waals surface area contributed by atoms with Crippen LogP contribution in [0, 0.1) is 0 Å². The fraction of sp³-hybridized carbons (Fsp3) is 1.00. The quantitative estimate of drug-likeness (QED) is 0.693. The van der Waals surface area contributed by atoms with E-state index in [2.05, 4.69) is 37.3 Å². The molecular formula is C16H35B3N2. The van der Waals surface area contributed by atoms with Crippen molar-refractivity contribution in [3.63, 3.8) is 0 Å². The summed E-state index contributed by atoms with van der Waals surface area (Å²) in [5.41, 5.74) is 0. The minimum atomic E-state index is 0.826. The Hall–Kier alpha value is 0.115. The van der Waals surface area contributed by atoms with Crippen molar-refractivity contribution in [2.24, 2.45) is 0 Å². The highest BCUT2D eigenvalue weighted by atomic mass is 15.1. The predicted octanol–water partition coefficient (Wildman–Crippen LogP) is 2.55. The third-order valence-electron chi connectivity index (χ3n) is 5.33. The van der Waals surface area contributed by atoms with Crippen molar-refractivity contribution in [1.29, 1.82) is 0 Å². The zero-order valence-corrected chi connectivity index (χ0v) is 15.0. The van der Waals surface area contributed by atoms with Gasteiger partial charge in [0.15, 0.2) is 0 Å². The predicted molar refractivity (Wildman–Crippen MR) is 101 cm³/mol. The van der Waals surface area contributed by atoms with Gasteiger partial charge in [-0.2, -0.15) is 0 Å². The molecule has 2 saturated heterocycles. The van der Waals surface area contributed by atoms with Crippen molar-refractivity contribution < 1.29 is 0 Å². The smallest absolute Gasteiger partial charge is 0.206 e. The van der Waals surface area contributed by atoms with Crippen LogP contribution in [0.2, 0.25) is 23.3 Å². The Bertz CT molecular complexity index is 255. The molecule has 0 unspecified atom stereocenters. The maximum atomic E-state index is 2.69. The third-order valence-corrected chi connectivity index (χ3v) is 5.33. The van der Waals surface area contributed by atoms with Crippen LogP contribution in [-0.2, 0) is 0 Å². The van der Waals surface area contributed by atoms with E-state index < -0.39 is 0 Å². The summed E-state index contributed by atoms with van der Waals surface area (Å²) in [4.78, 5) is 5.37. The van der Waals surface area contributed by atoms with E-state index in [1.165, 1.54) is 74.0 Å². The Kier molecular flexibility index (Phi) is 7.21. The molecule has 0 aromatic carbocycles. The van der Waals surface area contributed by atoms with Crippen molar-refractivity contribution in [2.75, 3.05) is 26.2 Å². The molecule has 2 fully saturated rings. The standard InChI is InChI=1S/C16H35B3N2/c1-13(2)18-20-9-5-15(6-10-20)17-16-7-11-21(12-8-16)19-14(3)4/h13-19H,5-12H2,1-4H3. The highest BCUT2D eigenvalue weighted by molar-refractivity contribution is 6.40. The second-order valence-corrected chi connectivity index (χ2v) is 8.51. The normalized spacial score (nSPS) is 23.7. The minimum absolute atomic E-state index is 0.826. The summed E-state index contributed by atoms with van der Waals surface area (Å²) in [5, 5.41) is 0. The molecule has 2 aliphatic heterocycles.